The molecule has 0 aliphatic carbocycles. The first-order valence-electron chi connectivity index (χ1n) is 8.45. The van der Waals surface area contributed by atoms with Crippen LogP contribution >= 0.6 is 0 Å². The summed E-state index contributed by atoms with van der Waals surface area (Å²) in [6.45, 7) is 1.97. The fourth-order valence-electron chi connectivity index (χ4n) is 3.32. The highest BCUT2D eigenvalue weighted by Gasteiger charge is 2.15. The highest BCUT2D eigenvalue weighted by atomic mass is 16.4. The standard InChI is InChI=1S/C20H22N4O3/c1-12-8-17-18(24(5)20(26)19(25)23(17)4)10-14(12)15-9-13(11-21-27)6-7-16(15)22(2)3/h6-11,27H,1-5H3. The quantitative estimate of drug-likeness (QED) is 0.333. The number of benzene rings is 2. The third-order valence-electron chi connectivity index (χ3n) is 4.84. The molecule has 0 saturated carbocycles. The number of fused-ring (bicyclic) bond motifs is 1. The van der Waals surface area contributed by atoms with E-state index in [4.69, 9.17) is 5.21 Å². The van der Waals surface area contributed by atoms with Gasteiger partial charge >= 0.3 is 11.1 Å². The summed E-state index contributed by atoms with van der Waals surface area (Å²) in [5.74, 6) is 0. The third kappa shape index (κ3) is 3.01. The van der Waals surface area contributed by atoms with E-state index in [1.165, 1.54) is 15.3 Å². The molecule has 0 aliphatic rings. The van der Waals surface area contributed by atoms with Crippen LogP contribution in [0.5, 0.6) is 0 Å². The molecule has 0 unspecified atom stereocenters. The average Bonchev–Trinajstić information content (AvgIpc) is 2.64. The molecule has 140 valence electrons. The van der Waals surface area contributed by atoms with Crippen LogP contribution in [0.2, 0.25) is 0 Å². The molecule has 1 aromatic heterocycles. The van der Waals surface area contributed by atoms with Crippen molar-refractivity contribution in [1.82, 2.24) is 9.13 Å². The van der Waals surface area contributed by atoms with Crippen LogP contribution in [0.4, 0.5) is 5.69 Å². The monoisotopic (exact) mass is 366 g/mol. The molecule has 27 heavy (non-hydrogen) atoms. The van der Waals surface area contributed by atoms with Crippen LogP contribution in [0.3, 0.4) is 0 Å². The zero-order valence-electron chi connectivity index (χ0n) is 16.0. The van der Waals surface area contributed by atoms with E-state index in [1.807, 2.05) is 56.3 Å². The van der Waals surface area contributed by atoms with E-state index < -0.39 is 11.1 Å². The normalized spacial score (nSPS) is 11.4. The fourth-order valence-corrected chi connectivity index (χ4v) is 3.32. The molecule has 7 nitrogen and oxygen atoms in total. The predicted molar refractivity (Wildman–Crippen MR) is 108 cm³/mol. The lowest BCUT2D eigenvalue weighted by Gasteiger charge is -2.20. The van der Waals surface area contributed by atoms with E-state index in [0.29, 0.717) is 11.0 Å². The van der Waals surface area contributed by atoms with Gasteiger partial charge in [-0.05, 0) is 47.9 Å². The smallest absolute Gasteiger partial charge is 0.316 e. The van der Waals surface area contributed by atoms with Gasteiger partial charge in [-0.2, -0.15) is 0 Å². The number of hydrogen-bond donors (Lipinski definition) is 1. The van der Waals surface area contributed by atoms with Crippen molar-refractivity contribution in [2.24, 2.45) is 19.3 Å². The van der Waals surface area contributed by atoms with Gasteiger partial charge in [0, 0.05) is 39.4 Å². The maximum absolute atomic E-state index is 12.2. The largest absolute Gasteiger partial charge is 0.411 e. The summed E-state index contributed by atoms with van der Waals surface area (Å²) in [7, 11) is 7.12. The minimum atomic E-state index is -0.561. The summed E-state index contributed by atoms with van der Waals surface area (Å²) in [6, 6.07) is 9.60. The van der Waals surface area contributed by atoms with Crippen molar-refractivity contribution >= 4 is 22.9 Å². The van der Waals surface area contributed by atoms with Crippen molar-refractivity contribution < 1.29 is 5.21 Å². The number of hydrogen-bond acceptors (Lipinski definition) is 5. The molecule has 7 heteroatoms. The maximum Gasteiger partial charge on any atom is 0.316 e. The Hall–Kier alpha value is -3.35. The van der Waals surface area contributed by atoms with Crippen molar-refractivity contribution in [2.45, 2.75) is 6.92 Å². The topological polar surface area (TPSA) is 79.8 Å². The Morgan fingerprint density at radius 1 is 0.963 bits per heavy atom. The van der Waals surface area contributed by atoms with E-state index in [-0.39, 0.29) is 0 Å². The van der Waals surface area contributed by atoms with Gasteiger partial charge in [0.15, 0.2) is 0 Å². The number of anilines is 1. The van der Waals surface area contributed by atoms with Crippen molar-refractivity contribution in [3.63, 3.8) is 0 Å². The number of rotatable bonds is 3. The maximum atomic E-state index is 12.2. The molecule has 0 radical (unpaired) electrons. The van der Waals surface area contributed by atoms with Crippen LogP contribution < -0.4 is 16.0 Å². The predicted octanol–water partition coefficient (Wildman–Crippen LogP) is 2.09. The summed E-state index contributed by atoms with van der Waals surface area (Å²) >= 11 is 0. The van der Waals surface area contributed by atoms with Crippen LogP contribution in [0.15, 0.2) is 45.1 Å². The molecule has 3 rings (SSSR count). The Kier molecular flexibility index (Phi) is 4.61. The van der Waals surface area contributed by atoms with Gasteiger partial charge < -0.3 is 19.2 Å². The summed E-state index contributed by atoms with van der Waals surface area (Å²) in [6.07, 6.45) is 1.37. The van der Waals surface area contributed by atoms with Gasteiger partial charge in [0.25, 0.3) is 0 Å². The van der Waals surface area contributed by atoms with Crippen LogP contribution in [0, 0.1) is 6.92 Å². The zero-order chi connectivity index (χ0) is 19.9. The average molecular weight is 366 g/mol. The second-order valence-corrected chi connectivity index (χ2v) is 6.80. The Morgan fingerprint density at radius 2 is 1.56 bits per heavy atom. The van der Waals surface area contributed by atoms with Crippen molar-refractivity contribution in [3.8, 4) is 11.1 Å². The Bertz CT molecular complexity index is 1190. The second kappa shape index (κ2) is 6.75. The zero-order valence-corrected chi connectivity index (χ0v) is 16.0. The second-order valence-electron chi connectivity index (χ2n) is 6.80. The van der Waals surface area contributed by atoms with Crippen molar-refractivity contribution in [2.75, 3.05) is 19.0 Å². The highest BCUT2D eigenvalue weighted by Crippen LogP contribution is 2.34. The molecule has 1 heterocycles. The van der Waals surface area contributed by atoms with Crippen LogP contribution in [-0.2, 0) is 14.1 Å². The van der Waals surface area contributed by atoms with E-state index in [0.717, 1.165) is 27.9 Å². The van der Waals surface area contributed by atoms with Gasteiger partial charge in [0.2, 0.25) is 0 Å². The molecule has 0 spiro atoms. The van der Waals surface area contributed by atoms with Gasteiger partial charge in [-0.3, -0.25) is 9.59 Å². The first-order chi connectivity index (χ1) is 12.8. The van der Waals surface area contributed by atoms with Crippen LogP contribution in [0.1, 0.15) is 11.1 Å². The molecule has 0 atom stereocenters. The Labute approximate surface area is 156 Å². The van der Waals surface area contributed by atoms with Crippen molar-refractivity contribution in [1.29, 1.82) is 0 Å². The van der Waals surface area contributed by atoms with E-state index in [1.54, 1.807) is 14.1 Å². The van der Waals surface area contributed by atoms with Gasteiger partial charge in [0.1, 0.15) is 0 Å². The number of aromatic nitrogens is 2. The minimum absolute atomic E-state index is 0.549. The molecule has 0 bridgehead atoms. The molecule has 1 N–H and O–H groups in total. The molecule has 0 saturated heterocycles. The number of aryl methyl sites for hydroxylation is 3. The first-order valence-corrected chi connectivity index (χ1v) is 8.45. The van der Waals surface area contributed by atoms with E-state index in [9.17, 15) is 9.59 Å². The van der Waals surface area contributed by atoms with Crippen molar-refractivity contribution in [3.05, 3.63) is 62.2 Å². The number of nitrogens with zero attached hydrogens (tertiary/aromatic N) is 4. The first kappa shape index (κ1) is 18.4. The summed E-state index contributed by atoms with van der Waals surface area (Å²) in [5.41, 5.74) is 4.86. The number of oxime groups is 1. The van der Waals surface area contributed by atoms with E-state index >= 15 is 0 Å². The lowest BCUT2D eigenvalue weighted by molar-refractivity contribution is 0.322. The molecule has 3 aromatic rings. The van der Waals surface area contributed by atoms with Gasteiger partial charge in [-0.25, -0.2) is 0 Å². The molecular formula is C20H22N4O3. The lowest BCUT2D eigenvalue weighted by Crippen LogP contribution is -2.39. The molecular weight excluding hydrogens is 344 g/mol. The fraction of sp³-hybridized carbons (Fsp3) is 0.250. The van der Waals surface area contributed by atoms with Gasteiger partial charge in [-0.15, -0.1) is 0 Å². The highest BCUT2D eigenvalue weighted by molar-refractivity contribution is 5.92. The Balaban J connectivity index is 2.42. The summed E-state index contributed by atoms with van der Waals surface area (Å²) in [5, 5.41) is 12.0. The van der Waals surface area contributed by atoms with Gasteiger partial charge in [-0.1, -0.05) is 11.2 Å². The molecule has 0 amide bonds. The Morgan fingerprint density at radius 3 is 2.11 bits per heavy atom. The molecule has 2 aromatic carbocycles. The van der Waals surface area contributed by atoms with E-state index in [2.05, 4.69) is 5.16 Å². The summed E-state index contributed by atoms with van der Waals surface area (Å²) < 4.78 is 2.77. The third-order valence-corrected chi connectivity index (χ3v) is 4.84. The van der Waals surface area contributed by atoms with Gasteiger partial charge in [0.05, 0.1) is 17.2 Å². The van der Waals surface area contributed by atoms with Crippen LogP contribution in [0.25, 0.3) is 22.2 Å². The SMILES string of the molecule is Cc1cc2c(cc1-c1cc(C=NO)ccc1N(C)C)n(C)c(=O)c(=O)n2C. The summed E-state index contributed by atoms with van der Waals surface area (Å²) in [4.78, 5) is 26.3. The lowest BCUT2D eigenvalue weighted by atomic mass is 9.96. The minimum Gasteiger partial charge on any atom is -0.411 e. The molecule has 0 fully saturated rings. The van der Waals surface area contributed by atoms with Crippen LogP contribution in [-0.4, -0.2) is 34.7 Å². The molecule has 0 aliphatic heterocycles.